The van der Waals surface area contributed by atoms with Crippen molar-refractivity contribution in [2.24, 2.45) is 5.92 Å². The molecule has 3 N–H and O–H groups in total. The van der Waals surface area contributed by atoms with Crippen molar-refractivity contribution in [3.8, 4) is 0 Å². The van der Waals surface area contributed by atoms with Gasteiger partial charge in [-0.1, -0.05) is 103 Å². The Morgan fingerprint density at radius 2 is 1.05 bits per heavy atom. The molecule has 1 atom stereocenters. The quantitative estimate of drug-likeness (QED) is 0.0599. The molecule has 0 aromatic rings. The van der Waals surface area contributed by atoms with Crippen LogP contribution in [0.15, 0.2) is 0 Å². The zero-order valence-corrected chi connectivity index (χ0v) is 23.4. The first-order chi connectivity index (χ1) is 18.0. The summed E-state index contributed by atoms with van der Waals surface area (Å²) in [5.41, 5.74) is 0. The van der Waals surface area contributed by atoms with E-state index < -0.39 is 58.2 Å². The lowest BCUT2D eigenvalue weighted by Crippen LogP contribution is -2.36. The van der Waals surface area contributed by atoms with Gasteiger partial charge in [0.15, 0.2) is 11.2 Å². The van der Waals surface area contributed by atoms with Crippen LogP contribution < -0.4 is 0 Å². The van der Waals surface area contributed by atoms with Crippen LogP contribution in [0.4, 0.5) is 0 Å². The van der Waals surface area contributed by atoms with E-state index in [2.05, 4.69) is 11.7 Å². The SMILES string of the molecule is CCCCCCCCCCCCCCCCCCOC(=O)C(CC(=O)OCC(C(=O)O)C(=O)O)S(=O)(=O)O. The monoisotopic (exact) mass is 566 g/mol. The molecule has 0 aliphatic heterocycles. The fourth-order valence-corrected chi connectivity index (χ4v) is 4.52. The molecule has 0 aromatic heterocycles. The van der Waals surface area contributed by atoms with Gasteiger partial charge < -0.3 is 19.7 Å². The molecular weight excluding hydrogens is 520 g/mol. The van der Waals surface area contributed by atoms with Gasteiger partial charge in [-0.25, -0.2) is 0 Å². The summed E-state index contributed by atoms with van der Waals surface area (Å²) in [6, 6.07) is 0. The van der Waals surface area contributed by atoms with E-state index in [1.54, 1.807) is 0 Å². The van der Waals surface area contributed by atoms with Crippen molar-refractivity contribution in [2.45, 2.75) is 121 Å². The Balaban J connectivity index is 3.97. The summed E-state index contributed by atoms with van der Waals surface area (Å²) in [5, 5.41) is 15.3. The van der Waals surface area contributed by atoms with Crippen LogP contribution in [0.2, 0.25) is 0 Å². The molecule has 0 radical (unpaired) electrons. The van der Waals surface area contributed by atoms with Crippen molar-refractivity contribution in [1.29, 1.82) is 0 Å². The van der Waals surface area contributed by atoms with Crippen molar-refractivity contribution < 1.29 is 51.8 Å². The fraction of sp³-hybridized carbons (Fsp3) is 0.846. The molecule has 0 rings (SSSR count). The van der Waals surface area contributed by atoms with Gasteiger partial charge in [-0.3, -0.25) is 23.7 Å². The van der Waals surface area contributed by atoms with E-state index in [9.17, 15) is 32.1 Å². The van der Waals surface area contributed by atoms with Gasteiger partial charge in [0.2, 0.25) is 0 Å². The number of hydrogen-bond donors (Lipinski definition) is 3. The van der Waals surface area contributed by atoms with Crippen LogP contribution in [0.3, 0.4) is 0 Å². The maximum Gasteiger partial charge on any atom is 0.327 e. The van der Waals surface area contributed by atoms with Gasteiger partial charge >= 0.3 is 23.9 Å². The molecule has 0 aliphatic rings. The van der Waals surface area contributed by atoms with Gasteiger partial charge in [-0.2, -0.15) is 8.42 Å². The molecule has 38 heavy (non-hydrogen) atoms. The predicted molar refractivity (Wildman–Crippen MR) is 140 cm³/mol. The largest absolute Gasteiger partial charge is 0.481 e. The maximum atomic E-state index is 12.1. The average Bonchev–Trinajstić information content (AvgIpc) is 2.83. The molecule has 0 bridgehead atoms. The van der Waals surface area contributed by atoms with Crippen LogP contribution in [0.5, 0.6) is 0 Å². The highest BCUT2D eigenvalue weighted by atomic mass is 32.2. The smallest absolute Gasteiger partial charge is 0.327 e. The minimum atomic E-state index is -5.01. The molecule has 0 saturated heterocycles. The molecule has 222 valence electrons. The average molecular weight is 567 g/mol. The van der Waals surface area contributed by atoms with Gasteiger partial charge in [0.25, 0.3) is 10.1 Å². The third kappa shape index (κ3) is 18.9. The summed E-state index contributed by atoms with van der Waals surface area (Å²) in [4.78, 5) is 45.5. The van der Waals surface area contributed by atoms with Crippen LogP contribution in [0, 0.1) is 5.92 Å². The van der Waals surface area contributed by atoms with E-state index in [1.165, 1.54) is 70.6 Å². The number of rotatable bonds is 25. The molecule has 0 aromatic carbocycles. The van der Waals surface area contributed by atoms with Crippen molar-refractivity contribution in [1.82, 2.24) is 0 Å². The van der Waals surface area contributed by atoms with Crippen LogP contribution in [0.1, 0.15) is 116 Å². The summed E-state index contributed by atoms with van der Waals surface area (Å²) >= 11 is 0. The van der Waals surface area contributed by atoms with Gasteiger partial charge in [-0.15, -0.1) is 0 Å². The summed E-state index contributed by atoms with van der Waals surface area (Å²) in [6.45, 7) is 1.08. The second-order valence-electron chi connectivity index (χ2n) is 9.59. The third-order valence-corrected chi connectivity index (χ3v) is 7.30. The number of esters is 2. The van der Waals surface area contributed by atoms with Gasteiger partial charge in [-0.05, 0) is 6.42 Å². The Morgan fingerprint density at radius 3 is 1.42 bits per heavy atom. The number of unbranched alkanes of at least 4 members (excludes halogenated alkanes) is 15. The van der Waals surface area contributed by atoms with E-state index in [4.69, 9.17) is 14.9 Å². The zero-order valence-electron chi connectivity index (χ0n) is 22.6. The first-order valence-corrected chi connectivity index (χ1v) is 15.2. The summed E-state index contributed by atoms with van der Waals surface area (Å²) in [5.74, 6) is -8.26. The Hall–Kier alpha value is -2.21. The number of carbonyl (C=O) groups is 4. The molecule has 1 unspecified atom stereocenters. The first kappa shape index (κ1) is 35.8. The Kier molecular flexibility index (Phi) is 20.4. The fourth-order valence-electron chi connectivity index (χ4n) is 3.86. The second-order valence-corrected chi connectivity index (χ2v) is 11.2. The van der Waals surface area contributed by atoms with E-state index in [0.29, 0.717) is 6.42 Å². The molecule has 0 saturated carbocycles. The number of aliphatic carboxylic acids is 2. The van der Waals surface area contributed by atoms with E-state index in [1.807, 2.05) is 0 Å². The van der Waals surface area contributed by atoms with Crippen LogP contribution in [-0.2, 0) is 38.8 Å². The Labute approximate surface area is 226 Å². The number of carboxylic acids is 2. The highest BCUT2D eigenvalue weighted by molar-refractivity contribution is 7.87. The van der Waals surface area contributed by atoms with Crippen molar-refractivity contribution >= 4 is 34.0 Å². The van der Waals surface area contributed by atoms with Crippen molar-refractivity contribution in [2.75, 3.05) is 13.2 Å². The Morgan fingerprint density at radius 1 is 0.658 bits per heavy atom. The summed E-state index contributed by atoms with van der Waals surface area (Å²) < 4.78 is 41.6. The highest BCUT2D eigenvalue weighted by Gasteiger charge is 2.36. The molecule has 11 nitrogen and oxygen atoms in total. The van der Waals surface area contributed by atoms with Gasteiger partial charge in [0.1, 0.15) is 6.61 Å². The summed E-state index contributed by atoms with van der Waals surface area (Å²) in [7, 11) is -5.01. The lowest BCUT2D eigenvalue weighted by atomic mass is 10.0. The maximum absolute atomic E-state index is 12.1. The number of ether oxygens (including phenoxy) is 2. The van der Waals surface area contributed by atoms with Crippen LogP contribution >= 0.6 is 0 Å². The predicted octanol–water partition coefficient (Wildman–Crippen LogP) is 4.77. The molecule has 0 spiro atoms. The number of hydrogen-bond acceptors (Lipinski definition) is 8. The second kappa shape index (κ2) is 21.7. The minimum Gasteiger partial charge on any atom is -0.481 e. The normalized spacial score (nSPS) is 12.3. The number of carboxylic acid groups (broad SMARTS) is 2. The van der Waals surface area contributed by atoms with E-state index in [-0.39, 0.29) is 6.61 Å². The van der Waals surface area contributed by atoms with Crippen LogP contribution in [0.25, 0.3) is 0 Å². The van der Waals surface area contributed by atoms with E-state index >= 15 is 0 Å². The lowest BCUT2D eigenvalue weighted by molar-refractivity contribution is -0.161. The zero-order chi connectivity index (χ0) is 28.8. The lowest BCUT2D eigenvalue weighted by Gasteiger charge is -2.14. The topological polar surface area (TPSA) is 182 Å². The summed E-state index contributed by atoms with van der Waals surface area (Å²) in [6.07, 6.45) is 17.6. The Bertz CT molecular complexity index is 781. The minimum absolute atomic E-state index is 0.0849. The standard InChI is InChI=1S/C26H46O11S/c1-2-3-4-5-6-7-8-9-10-11-12-13-14-15-16-17-18-36-26(32)22(38(33,34)35)19-23(27)37-20-21(24(28)29)25(30)31/h21-22H,2-20H2,1H3,(H,28,29)(H,30,31)(H,33,34,35). The van der Waals surface area contributed by atoms with Gasteiger partial charge in [0.05, 0.1) is 13.0 Å². The molecule has 0 heterocycles. The first-order valence-electron chi connectivity index (χ1n) is 13.7. The van der Waals surface area contributed by atoms with Crippen LogP contribution in [-0.4, -0.2) is 65.5 Å². The molecule has 0 aliphatic carbocycles. The third-order valence-electron chi connectivity index (χ3n) is 6.22. The van der Waals surface area contributed by atoms with E-state index in [0.717, 1.165) is 25.7 Å². The number of carbonyl (C=O) groups excluding carboxylic acids is 2. The molecule has 0 fully saturated rings. The highest BCUT2D eigenvalue weighted by Crippen LogP contribution is 2.14. The van der Waals surface area contributed by atoms with Gasteiger partial charge in [0, 0.05) is 0 Å². The molecule has 12 heteroatoms. The molecular formula is C26H46O11S. The van der Waals surface area contributed by atoms with Crippen molar-refractivity contribution in [3.63, 3.8) is 0 Å². The molecule has 0 amide bonds. The van der Waals surface area contributed by atoms with Crippen molar-refractivity contribution in [3.05, 3.63) is 0 Å².